The molecule has 0 saturated carbocycles. The van der Waals surface area contributed by atoms with E-state index >= 15 is 0 Å². The van der Waals surface area contributed by atoms with E-state index in [0.717, 1.165) is 21.6 Å². The topological polar surface area (TPSA) is 207 Å². The maximum absolute atomic E-state index is 11.4. The van der Waals surface area contributed by atoms with Gasteiger partial charge < -0.3 is 0 Å². The van der Waals surface area contributed by atoms with Crippen LogP contribution in [-0.2, 0) is 0 Å². The van der Waals surface area contributed by atoms with E-state index in [1.807, 2.05) is 0 Å². The lowest BCUT2D eigenvalue weighted by Gasteiger charge is -2.17. The second kappa shape index (κ2) is 15.0. The molecule has 0 radical (unpaired) electrons. The number of nitro benzene ring substituents is 2. The van der Waals surface area contributed by atoms with Crippen molar-refractivity contribution in [1.29, 1.82) is 21.0 Å². The summed E-state index contributed by atoms with van der Waals surface area (Å²) >= 11 is 0. The van der Waals surface area contributed by atoms with Crippen molar-refractivity contribution in [2.24, 2.45) is 0 Å². The number of pyridine rings is 2. The third-order valence-corrected chi connectivity index (χ3v) is 9.99. The molecule has 0 spiro atoms. The van der Waals surface area contributed by atoms with Crippen molar-refractivity contribution in [2.45, 2.75) is 10.1 Å². The van der Waals surface area contributed by atoms with E-state index in [1.54, 1.807) is 60.7 Å². The number of nitro groups is 2. The Labute approximate surface area is 303 Å². The minimum atomic E-state index is -0.550. The van der Waals surface area contributed by atoms with Gasteiger partial charge in [0.05, 0.1) is 43.5 Å². The van der Waals surface area contributed by atoms with Crippen LogP contribution in [0.1, 0.15) is 22.3 Å². The van der Waals surface area contributed by atoms with Gasteiger partial charge >= 0.3 is 0 Å². The fourth-order valence-corrected chi connectivity index (χ4v) is 7.51. The van der Waals surface area contributed by atoms with Crippen molar-refractivity contribution in [3.8, 4) is 69.0 Å². The highest BCUT2D eigenvalue weighted by molar-refractivity contribution is 8.76. The van der Waals surface area contributed by atoms with Gasteiger partial charge in [-0.1, -0.05) is 60.7 Å². The SMILES string of the molecule is N#Cc1c(SSc2nc(-c3ccccc3)c(C#N)c(-c3ccc([N+](=O)[O-])cc3)c2C#N)nc(-c2ccccc2)c(C#N)c1-c1ccc([N+](=O)[O-])cc1. The first-order chi connectivity index (χ1) is 25.3. The van der Waals surface area contributed by atoms with E-state index in [0.29, 0.717) is 22.3 Å². The molecule has 0 bridgehead atoms. The molecule has 6 rings (SSSR count). The molecule has 0 N–H and O–H groups in total. The van der Waals surface area contributed by atoms with Crippen LogP contribution in [0, 0.1) is 65.6 Å². The van der Waals surface area contributed by atoms with Gasteiger partial charge in [-0.15, -0.1) is 0 Å². The van der Waals surface area contributed by atoms with Gasteiger partial charge in [0.15, 0.2) is 0 Å². The summed E-state index contributed by atoms with van der Waals surface area (Å²) in [5.41, 5.74) is 2.79. The van der Waals surface area contributed by atoms with Crippen LogP contribution < -0.4 is 0 Å². The minimum Gasteiger partial charge on any atom is -0.258 e. The molecule has 52 heavy (non-hydrogen) atoms. The number of hydrogen-bond donors (Lipinski definition) is 0. The van der Waals surface area contributed by atoms with Gasteiger partial charge in [0.25, 0.3) is 11.4 Å². The minimum absolute atomic E-state index is 0.0219. The molecular weight excluding hydrogens is 697 g/mol. The van der Waals surface area contributed by atoms with Crippen LogP contribution in [0.15, 0.2) is 119 Å². The molecule has 0 aliphatic carbocycles. The highest BCUT2D eigenvalue weighted by Gasteiger charge is 2.27. The Morgan fingerprint density at radius 3 is 1.08 bits per heavy atom. The zero-order valence-electron chi connectivity index (χ0n) is 26.4. The molecule has 0 fully saturated rings. The largest absolute Gasteiger partial charge is 0.269 e. The van der Waals surface area contributed by atoms with Gasteiger partial charge in [0, 0.05) is 46.5 Å². The Morgan fingerprint density at radius 1 is 0.462 bits per heavy atom. The first-order valence-corrected chi connectivity index (χ1v) is 17.2. The van der Waals surface area contributed by atoms with E-state index in [2.05, 4.69) is 24.3 Å². The van der Waals surface area contributed by atoms with E-state index < -0.39 is 9.85 Å². The van der Waals surface area contributed by atoms with Crippen molar-refractivity contribution in [3.63, 3.8) is 0 Å². The van der Waals surface area contributed by atoms with E-state index in [-0.39, 0.29) is 66.2 Å². The van der Waals surface area contributed by atoms with Gasteiger partial charge in [-0.3, -0.25) is 20.2 Å². The lowest BCUT2D eigenvalue weighted by molar-refractivity contribution is -0.385. The summed E-state index contributed by atoms with van der Waals surface area (Å²) in [7, 11) is 2.01. The smallest absolute Gasteiger partial charge is 0.258 e. The van der Waals surface area contributed by atoms with E-state index in [9.17, 15) is 41.3 Å². The number of nitriles is 4. The Hall–Kier alpha value is -7.36. The van der Waals surface area contributed by atoms with E-state index in [4.69, 9.17) is 9.97 Å². The van der Waals surface area contributed by atoms with Crippen LogP contribution in [0.4, 0.5) is 11.4 Å². The summed E-state index contributed by atoms with van der Waals surface area (Å²) < 4.78 is 0. The normalized spacial score (nSPS) is 10.3. The molecule has 0 unspecified atom stereocenters. The first-order valence-electron chi connectivity index (χ1n) is 15.0. The van der Waals surface area contributed by atoms with Crippen molar-refractivity contribution < 1.29 is 9.85 Å². The van der Waals surface area contributed by atoms with Gasteiger partial charge in [-0.2, -0.15) is 21.0 Å². The average molecular weight is 715 g/mol. The van der Waals surface area contributed by atoms with Crippen LogP contribution in [0.25, 0.3) is 44.8 Å². The molecule has 14 heteroatoms. The zero-order chi connectivity index (χ0) is 36.8. The summed E-state index contributed by atoms with van der Waals surface area (Å²) in [4.78, 5) is 31.2. The zero-order valence-corrected chi connectivity index (χ0v) is 28.1. The summed E-state index contributed by atoms with van der Waals surface area (Å²) in [6.45, 7) is 0. The molecule has 2 heterocycles. The molecule has 0 atom stereocenters. The number of aromatic nitrogens is 2. The molecule has 12 nitrogen and oxygen atoms in total. The summed E-state index contributed by atoms with van der Waals surface area (Å²) in [6, 6.07) is 37.4. The Balaban J connectivity index is 1.57. The monoisotopic (exact) mass is 714 g/mol. The van der Waals surface area contributed by atoms with Crippen molar-refractivity contribution >= 4 is 33.0 Å². The molecule has 0 amide bonds. The van der Waals surface area contributed by atoms with Crippen LogP contribution in [0.3, 0.4) is 0 Å². The van der Waals surface area contributed by atoms with Gasteiger partial charge in [0.2, 0.25) is 0 Å². The molecule has 2 aromatic heterocycles. The summed E-state index contributed by atoms with van der Waals surface area (Å²) in [5.74, 6) is 0. The number of nitrogens with zero attached hydrogens (tertiary/aromatic N) is 8. The predicted octanol–water partition coefficient (Wildman–Crippen LogP) is 9.25. The quantitative estimate of drug-likeness (QED) is 0.0780. The van der Waals surface area contributed by atoms with Crippen LogP contribution in [0.5, 0.6) is 0 Å². The number of benzene rings is 4. The lowest BCUT2D eigenvalue weighted by Crippen LogP contribution is -2.02. The van der Waals surface area contributed by atoms with Gasteiger partial charge in [0.1, 0.15) is 34.3 Å². The number of rotatable bonds is 9. The Bertz CT molecular complexity index is 2380. The fraction of sp³-hybridized carbons (Fsp3) is 0. The van der Waals surface area contributed by atoms with Crippen molar-refractivity contribution in [3.05, 3.63) is 152 Å². The molecule has 6 aromatic rings. The summed E-state index contributed by atoms with van der Waals surface area (Å²) in [6.07, 6.45) is 0. The predicted molar refractivity (Wildman–Crippen MR) is 194 cm³/mol. The van der Waals surface area contributed by atoms with E-state index in [1.165, 1.54) is 48.5 Å². The third-order valence-electron chi connectivity index (χ3n) is 7.80. The van der Waals surface area contributed by atoms with Crippen molar-refractivity contribution in [1.82, 2.24) is 9.97 Å². The van der Waals surface area contributed by atoms with Crippen molar-refractivity contribution in [2.75, 3.05) is 0 Å². The Morgan fingerprint density at radius 2 is 0.788 bits per heavy atom. The average Bonchev–Trinajstić information content (AvgIpc) is 3.19. The number of hydrogen-bond acceptors (Lipinski definition) is 12. The standard InChI is InChI=1S/C38H18N8O4S2/c39-19-29-33(23-11-15-27(16-12-23)45(47)48)31(21-41)37(43-35(29)25-7-3-1-4-8-25)51-52-38-32(22-42)34(24-13-17-28(18-14-24)46(49)50)30(20-40)36(44-38)26-9-5-2-6-10-26/h1-18H. The fourth-order valence-electron chi connectivity index (χ4n) is 5.44. The molecule has 4 aromatic carbocycles. The first kappa shape index (κ1) is 34.5. The van der Waals surface area contributed by atoms with Crippen LogP contribution >= 0.6 is 21.6 Å². The molecule has 0 aliphatic heterocycles. The second-order valence-corrected chi connectivity index (χ2v) is 12.8. The number of non-ortho nitro benzene ring substituents is 2. The van der Waals surface area contributed by atoms with Gasteiger partial charge in [-0.25, -0.2) is 9.97 Å². The molecular formula is C38H18N8O4S2. The third kappa shape index (κ3) is 6.62. The molecule has 0 saturated heterocycles. The summed E-state index contributed by atoms with van der Waals surface area (Å²) in [5, 5.41) is 64.9. The maximum Gasteiger partial charge on any atom is 0.269 e. The molecule has 246 valence electrons. The molecule has 0 aliphatic rings. The maximum atomic E-state index is 11.4. The van der Waals surface area contributed by atoms with Gasteiger partial charge in [-0.05, 0) is 57.0 Å². The lowest BCUT2D eigenvalue weighted by atomic mass is 9.93. The highest BCUT2D eigenvalue weighted by Crippen LogP contribution is 2.47. The van der Waals surface area contributed by atoms with Crippen LogP contribution in [0.2, 0.25) is 0 Å². The Kier molecular flexibility index (Phi) is 9.98. The van der Waals surface area contributed by atoms with Crippen LogP contribution in [-0.4, -0.2) is 19.8 Å². The second-order valence-electron chi connectivity index (χ2n) is 10.7. The highest BCUT2D eigenvalue weighted by atomic mass is 33.1.